The molecule has 2 amide bonds. The quantitative estimate of drug-likeness (QED) is 0.0606. The number of phenolic OH excluding ortho intramolecular Hbond substituents is 1. The van der Waals surface area contributed by atoms with E-state index in [2.05, 4.69) is 31.8 Å². The maximum absolute atomic E-state index is 15.3. The number of esters is 2. The van der Waals surface area contributed by atoms with Gasteiger partial charge in [-0.25, -0.2) is 14.4 Å². The minimum atomic E-state index is -1.49. The van der Waals surface area contributed by atoms with Crippen molar-refractivity contribution in [2.75, 3.05) is 52.7 Å². The highest BCUT2D eigenvalue weighted by atomic mass is 32.2. The zero-order chi connectivity index (χ0) is 52.1. The van der Waals surface area contributed by atoms with Crippen molar-refractivity contribution in [2.24, 2.45) is 0 Å². The number of carbonyl (C=O) groups is 4. The molecule has 12 rings (SSSR count). The smallest absolute Gasteiger partial charge is 0.504 e. The summed E-state index contributed by atoms with van der Waals surface area (Å²) in [5.74, 6) is 1.78. The fourth-order valence-electron chi connectivity index (χ4n) is 12.9. The van der Waals surface area contributed by atoms with Crippen LogP contribution in [0.1, 0.15) is 108 Å². The molecule has 9 aliphatic rings. The normalized spacial score (nSPS) is 29.3. The molecule has 3 aromatic rings. The number of aryl methyl sites for hydroxylation is 1. The number of nitrogens with zero attached hydrogens (tertiary/aromatic N) is 3. The SMILES string of the molecule is COc1cc2c(cc1OC(=O)OC(C)(C)C)CCN[C@]21CS[C@@H]2c3c(OC(=O)CCCC[C@@H]4SCC5NC(=O)NC54)c(C)c4c(c3[C@@H](COC1=O)N1C2[C@H]2c3c(cc(C)c(OC)c3O)C[C@H]([C@@H]1C#N)N2C)OCO4. The molecule has 3 aromatic carbocycles. The summed E-state index contributed by atoms with van der Waals surface area (Å²) in [4.78, 5) is 59.1. The zero-order valence-electron chi connectivity index (χ0n) is 42.7. The number of nitrogens with one attached hydrogen (secondary N) is 3. The van der Waals surface area contributed by atoms with E-state index in [4.69, 9.17) is 37.9 Å². The van der Waals surface area contributed by atoms with E-state index in [0.29, 0.717) is 76.6 Å². The number of urea groups is 1. The van der Waals surface area contributed by atoms with Gasteiger partial charge in [0.25, 0.3) is 0 Å². The number of hydrogen-bond donors (Lipinski definition) is 4. The van der Waals surface area contributed by atoms with E-state index in [-0.39, 0.29) is 72.2 Å². The van der Waals surface area contributed by atoms with Crippen molar-refractivity contribution in [3.05, 3.63) is 62.7 Å². The average molecular weight is 1060 g/mol. The van der Waals surface area contributed by atoms with Crippen molar-refractivity contribution < 1.29 is 62.2 Å². The van der Waals surface area contributed by atoms with E-state index in [1.807, 2.05) is 38.7 Å². The first-order valence-electron chi connectivity index (χ1n) is 25.3. The van der Waals surface area contributed by atoms with E-state index in [1.165, 1.54) is 26.0 Å². The molecule has 4 saturated heterocycles. The summed E-state index contributed by atoms with van der Waals surface area (Å²) in [6.07, 6.45) is 2.28. The van der Waals surface area contributed by atoms with Crippen molar-refractivity contribution >= 4 is 47.6 Å². The van der Waals surface area contributed by atoms with Gasteiger partial charge in [0.2, 0.25) is 6.79 Å². The number of carbonyl (C=O) groups excluding carboxylic acids is 4. The second-order valence-corrected chi connectivity index (χ2v) is 23.8. The Morgan fingerprint density at radius 3 is 2.51 bits per heavy atom. The van der Waals surface area contributed by atoms with E-state index in [0.717, 1.165) is 35.3 Å². The number of thioether (sulfide) groups is 2. The molecule has 0 saturated carbocycles. The van der Waals surface area contributed by atoms with Crippen LogP contribution in [-0.2, 0) is 37.4 Å². The number of methoxy groups -OCH3 is 2. The van der Waals surface area contributed by atoms with E-state index < -0.39 is 58.7 Å². The summed E-state index contributed by atoms with van der Waals surface area (Å²) in [5.41, 5.74) is 3.18. The predicted molar refractivity (Wildman–Crippen MR) is 271 cm³/mol. The van der Waals surface area contributed by atoms with Gasteiger partial charge in [-0.1, -0.05) is 12.5 Å². The molecule has 10 atom stereocenters. The Morgan fingerprint density at radius 1 is 0.959 bits per heavy atom. The second-order valence-electron chi connectivity index (χ2n) is 21.4. The number of phenols is 1. The number of benzene rings is 3. The average Bonchev–Trinajstić information content (AvgIpc) is 4.11. The van der Waals surface area contributed by atoms with Crippen LogP contribution in [0.5, 0.6) is 40.2 Å². The Bertz CT molecular complexity index is 2890. The van der Waals surface area contributed by atoms with Crippen LogP contribution in [0.4, 0.5) is 9.59 Å². The molecule has 9 heterocycles. The Hall–Kier alpha value is -5.79. The van der Waals surface area contributed by atoms with Crippen molar-refractivity contribution in [1.82, 2.24) is 25.8 Å². The Balaban J connectivity index is 1.04. The molecule has 74 heavy (non-hydrogen) atoms. The summed E-state index contributed by atoms with van der Waals surface area (Å²) in [6, 6.07) is 5.06. The minimum Gasteiger partial charge on any atom is -0.504 e. The molecule has 0 aliphatic carbocycles. The van der Waals surface area contributed by atoms with Crippen LogP contribution in [0.2, 0.25) is 0 Å². The third kappa shape index (κ3) is 8.21. The van der Waals surface area contributed by atoms with Gasteiger partial charge in [-0.2, -0.15) is 17.0 Å². The lowest BCUT2D eigenvalue weighted by Crippen LogP contribution is -2.69. The van der Waals surface area contributed by atoms with Gasteiger partial charge in [-0.15, -0.1) is 11.8 Å². The number of likely N-dealkylation sites (N-methyl/N-ethyl adjacent to an activating group) is 1. The van der Waals surface area contributed by atoms with Crippen molar-refractivity contribution in [1.29, 1.82) is 5.26 Å². The van der Waals surface area contributed by atoms with Crippen molar-refractivity contribution in [3.8, 4) is 46.3 Å². The number of hydrogen-bond acceptors (Lipinski definition) is 19. The number of rotatable bonds is 9. The molecule has 4 fully saturated rings. The summed E-state index contributed by atoms with van der Waals surface area (Å²) >= 11 is 3.29. The molecule has 1 spiro atoms. The Labute approximate surface area is 437 Å². The number of nitriles is 1. The number of aromatic hydroxyl groups is 1. The predicted octanol–water partition coefficient (Wildman–Crippen LogP) is 6.30. The van der Waals surface area contributed by atoms with Gasteiger partial charge in [-0.05, 0) is 102 Å². The van der Waals surface area contributed by atoms with E-state index >= 15 is 4.79 Å². The molecule has 21 heteroatoms. The van der Waals surface area contributed by atoms with Gasteiger partial charge in [-0.3, -0.25) is 19.9 Å². The van der Waals surface area contributed by atoms with Crippen molar-refractivity contribution in [3.63, 3.8) is 0 Å². The van der Waals surface area contributed by atoms with Gasteiger partial charge in [0.1, 0.15) is 24.0 Å². The second kappa shape index (κ2) is 19.1. The summed E-state index contributed by atoms with van der Waals surface area (Å²) in [5, 5.41) is 33.0. The zero-order valence-corrected chi connectivity index (χ0v) is 44.3. The van der Waals surface area contributed by atoms with Gasteiger partial charge < -0.3 is 53.6 Å². The highest BCUT2D eigenvalue weighted by Crippen LogP contribution is 2.65. The fourth-order valence-corrected chi connectivity index (χ4v) is 16.1. The first-order valence-corrected chi connectivity index (χ1v) is 27.4. The lowest BCUT2D eigenvalue weighted by atomic mass is 9.71. The lowest BCUT2D eigenvalue weighted by Gasteiger charge is -2.62. The molecule has 0 radical (unpaired) electrons. The van der Waals surface area contributed by atoms with Crippen LogP contribution in [0, 0.1) is 25.2 Å². The van der Waals surface area contributed by atoms with Crippen LogP contribution < -0.4 is 44.4 Å². The number of piperazine rings is 1. The largest absolute Gasteiger partial charge is 0.514 e. The lowest BCUT2D eigenvalue weighted by molar-refractivity contribution is -0.157. The number of amides is 2. The van der Waals surface area contributed by atoms with Gasteiger partial charge in [0.05, 0.1) is 49.7 Å². The van der Waals surface area contributed by atoms with Gasteiger partial charge in [0.15, 0.2) is 40.0 Å². The number of fused-ring (bicyclic) bond motifs is 10. The molecule has 3 unspecified atom stereocenters. The van der Waals surface area contributed by atoms with Gasteiger partial charge >= 0.3 is 24.1 Å². The monoisotopic (exact) mass is 1050 g/mol. The van der Waals surface area contributed by atoms with Gasteiger partial charge in [0, 0.05) is 64.1 Å². The van der Waals surface area contributed by atoms with Crippen LogP contribution >= 0.6 is 23.5 Å². The third-order valence-electron chi connectivity index (χ3n) is 16.0. The summed E-state index contributed by atoms with van der Waals surface area (Å²) in [6.45, 7) is 8.98. The first kappa shape index (κ1) is 50.4. The number of ether oxygens (including phenoxy) is 8. The summed E-state index contributed by atoms with van der Waals surface area (Å²) in [7, 11) is 4.98. The van der Waals surface area contributed by atoms with Crippen molar-refractivity contribution in [2.45, 2.75) is 137 Å². The highest BCUT2D eigenvalue weighted by molar-refractivity contribution is 8.00. The minimum absolute atomic E-state index is 0.0141. The molecule has 9 aliphatic heterocycles. The van der Waals surface area contributed by atoms with Crippen LogP contribution in [-0.4, -0.2) is 133 Å². The molecule has 4 bridgehead atoms. The molecule has 19 nitrogen and oxygen atoms in total. The molecular weight excluding hydrogens is 993 g/mol. The van der Waals surface area contributed by atoms with Crippen LogP contribution in [0.3, 0.4) is 0 Å². The Morgan fingerprint density at radius 2 is 1.76 bits per heavy atom. The third-order valence-corrected chi connectivity index (χ3v) is 19.0. The van der Waals surface area contributed by atoms with Crippen LogP contribution in [0.15, 0.2) is 18.2 Å². The molecular formula is C53H62N6O13S2. The molecule has 4 N–H and O–H groups in total. The fraction of sp³-hybridized carbons (Fsp3) is 0.566. The maximum atomic E-state index is 15.3. The summed E-state index contributed by atoms with van der Waals surface area (Å²) < 4.78 is 48.8. The topological polar surface area (TPSA) is 229 Å². The standard InChI is InChI=1S/C53H62N6O13S2/c1-24-15-27-16-30-31(19-54)59-32-20-67-49(62)53(28-18-33(65-7)34(17-26(28)13-14-55-53)70-51(64)72-52(3,4)5)22-74-48(42(59)41(58(30)6)37(27)43(61)44(24)66-8)39-38(32)47-46(68-23-69-47)25(2)45(39)71-36(60)12-10-9-11-35-40-29(21-73-35)56-50(63)57-40/h15,17-18,29-32,35,40-42,48,55,61H,9-14,16,20-23H2,1-8H3,(H2,56,57,63)/t29?,30-,31+,32-,35+,40?,41-,42?,48-,53-/m1/s1. The Kier molecular flexibility index (Phi) is 13.0. The maximum Gasteiger partial charge on any atom is 0.514 e. The number of unbranched alkanes of at least 4 members (excludes halogenated alkanes) is 1. The molecule has 394 valence electrons. The molecule has 0 aromatic heterocycles. The van der Waals surface area contributed by atoms with Crippen LogP contribution in [0.25, 0.3) is 0 Å². The first-order chi connectivity index (χ1) is 35.5. The highest BCUT2D eigenvalue weighted by Gasteiger charge is 2.62. The van der Waals surface area contributed by atoms with E-state index in [9.17, 15) is 24.8 Å². The van der Waals surface area contributed by atoms with E-state index in [1.54, 1.807) is 32.9 Å².